The number of nitrogens with zero attached hydrogens (tertiary/aromatic N) is 4. The molecule has 2 N–H and O–H groups in total. The molecule has 7 heteroatoms. The summed E-state index contributed by atoms with van der Waals surface area (Å²) in [6.07, 6.45) is 4.74. The van der Waals surface area contributed by atoms with E-state index in [1.807, 2.05) is 24.3 Å². The fourth-order valence-corrected chi connectivity index (χ4v) is 3.39. The summed E-state index contributed by atoms with van der Waals surface area (Å²) in [5.41, 5.74) is 1.50. The maximum Gasteiger partial charge on any atom is 0.229 e. The van der Waals surface area contributed by atoms with Crippen LogP contribution in [0.15, 0.2) is 30.6 Å². The van der Waals surface area contributed by atoms with Crippen LogP contribution >= 0.6 is 0 Å². The minimum atomic E-state index is 0.0608. The molecule has 108 valence electrons. The molecule has 2 aliphatic rings. The number of para-hydroxylation sites is 2. The Balaban J connectivity index is 1.56. The SMILES string of the molecule is O=C(Nc1ccccc1-n1cnnn1)C1CC2CCC1N2. The van der Waals surface area contributed by atoms with Crippen LogP contribution in [0, 0.1) is 5.92 Å². The summed E-state index contributed by atoms with van der Waals surface area (Å²) in [4.78, 5) is 12.5. The molecule has 2 fully saturated rings. The van der Waals surface area contributed by atoms with Crippen molar-refractivity contribution in [2.45, 2.75) is 31.3 Å². The topological polar surface area (TPSA) is 84.7 Å². The number of benzene rings is 1. The lowest BCUT2D eigenvalue weighted by Gasteiger charge is -2.20. The van der Waals surface area contributed by atoms with Gasteiger partial charge in [0.25, 0.3) is 0 Å². The van der Waals surface area contributed by atoms with E-state index in [-0.39, 0.29) is 11.8 Å². The van der Waals surface area contributed by atoms with Gasteiger partial charge in [0.1, 0.15) is 6.33 Å². The second-order valence-corrected chi connectivity index (χ2v) is 5.65. The number of tetrazole rings is 1. The first-order valence-corrected chi connectivity index (χ1v) is 7.20. The fourth-order valence-electron chi connectivity index (χ4n) is 3.39. The first-order chi connectivity index (χ1) is 10.3. The second-order valence-electron chi connectivity index (χ2n) is 5.65. The van der Waals surface area contributed by atoms with Crippen molar-refractivity contribution in [1.82, 2.24) is 25.5 Å². The Labute approximate surface area is 121 Å². The maximum atomic E-state index is 12.5. The van der Waals surface area contributed by atoms with Crippen LogP contribution in [0.2, 0.25) is 0 Å². The summed E-state index contributed by atoms with van der Waals surface area (Å²) in [7, 11) is 0. The van der Waals surface area contributed by atoms with Gasteiger partial charge < -0.3 is 10.6 Å². The van der Waals surface area contributed by atoms with Crippen LogP contribution in [0.25, 0.3) is 5.69 Å². The van der Waals surface area contributed by atoms with Gasteiger partial charge in [-0.3, -0.25) is 4.79 Å². The number of hydrogen-bond donors (Lipinski definition) is 2. The Bertz CT molecular complexity index is 655. The summed E-state index contributed by atoms with van der Waals surface area (Å²) in [5.74, 6) is 0.140. The molecule has 1 amide bonds. The van der Waals surface area contributed by atoms with E-state index in [1.54, 1.807) is 4.68 Å². The predicted octanol–water partition coefficient (Wildman–Crippen LogP) is 0.741. The molecule has 7 nitrogen and oxygen atoms in total. The average molecular weight is 284 g/mol. The number of hydrogen-bond acceptors (Lipinski definition) is 5. The smallest absolute Gasteiger partial charge is 0.229 e. The van der Waals surface area contributed by atoms with Crippen LogP contribution in [-0.2, 0) is 4.79 Å². The number of nitrogens with one attached hydrogen (secondary N) is 2. The van der Waals surface area contributed by atoms with E-state index in [4.69, 9.17) is 0 Å². The molecular weight excluding hydrogens is 268 g/mol. The van der Waals surface area contributed by atoms with Crippen molar-refractivity contribution in [3.05, 3.63) is 30.6 Å². The van der Waals surface area contributed by atoms with Gasteiger partial charge in [0.15, 0.2) is 0 Å². The fraction of sp³-hybridized carbons (Fsp3) is 0.429. The van der Waals surface area contributed by atoms with Crippen molar-refractivity contribution in [3.8, 4) is 5.69 Å². The summed E-state index contributed by atoms with van der Waals surface area (Å²) in [5, 5.41) is 17.7. The van der Waals surface area contributed by atoms with E-state index in [0.717, 1.165) is 24.2 Å². The van der Waals surface area contributed by atoms with E-state index in [0.29, 0.717) is 12.1 Å². The number of carbonyl (C=O) groups excluding carboxylic acids is 1. The number of anilines is 1. The zero-order valence-electron chi connectivity index (χ0n) is 11.4. The van der Waals surface area contributed by atoms with Gasteiger partial charge in [-0.15, -0.1) is 5.10 Å². The Morgan fingerprint density at radius 1 is 1.33 bits per heavy atom. The Morgan fingerprint density at radius 2 is 2.24 bits per heavy atom. The van der Waals surface area contributed by atoms with Crippen LogP contribution in [0.4, 0.5) is 5.69 Å². The van der Waals surface area contributed by atoms with Gasteiger partial charge in [-0.2, -0.15) is 4.68 Å². The average Bonchev–Trinajstić information content (AvgIpc) is 3.25. The summed E-state index contributed by atoms with van der Waals surface area (Å²) < 4.78 is 1.55. The minimum Gasteiger partial charge on any atom is -0.324 e. The normalized spacial score (nSPS) is 27.0. The lowest BCUT2D eigenvalue weighted by Crippen LogP contribution is -2.33. The second kappa shape index (κ2) is 4.92. The van der Waals surface area contributed by atoms with Crippen molar-refractivity contribution in [3.63, 3.8) is 0 Å². The molecule has 0 saturated carbocycles. The molecule has 0 aliphatic carbocycles. The van der Waals surface area contributed by atoms with Crippen molar-refractivity contribution < 1.29 is 4.79 Å². The zero-order valence-corrected chi connectivity index (χ0v) is 11.4. The third-order valence-corrected chi connectivity index (χ3v) is 4.39. The third kappa shape index (κ3) is 2.19. The van der Waals surface area contributed by atoms with Crippen molar-refractivity contribution in [1.29, 1.82) is 0 Å². The van der Waals surface area contributed by atoms with Gasteiger partial charge >= 0.3 is 0 Å². The Kier molecular flexibility index (Phi) is 2.92. The lowest BCUT2D eigenvalue weighted by molar-refractivity contribution is -0.120. The molecule has 2 saturated heterocycles. The molecule has 1 aromatic carbocycles. The van der Waals surface area contributed by atoms with E-state index in [9.17, 15) is 4.79 Å². The van der Waals surface area contributed by atoms with Crippen LogP contribution < -0.4 is 10.6 Å². The molecule has 3 atom stereocenters. The number of carbonyl (C=O) groups is 1. The molecule has 2 aliphatic heterocycles. The Morgan fingerprint density at radius 3 is 2.95 bits per heavy atom. The van der Waals surface area contributed by atoms with Gasteiger partial charge in [0, 0.05) is 12.1 Å². The monoisotopic (exact) mass is 284 g/mol. The van der Waals surface area contributed by atoms with Gasteiger partial charge in [0.05, 0.1) is 17.3 Å². The van der Waals surface area contributed by atoms with Gasteiger partial charge in [-0.05, 0) is 41.8 Å². The molecule has 3 heterocycles. The first-order valence-electron chi connectivity index (χ1n) is 7.20. The quantitative estimate of drug-likeness (QED) is 0.868. The van der Waals surface area contributed by atoms with Crippen LogP contribution in [0.5, 0.6) is 0 Å². The molecule has 1 aromatic heterocycles. The molecular formula is C14H16N6O. The summed E-state index contributed by atoms with van der Waals surface area (Å²) in [6.45, 7) is 0. The number of fused-ring (bicyclic) bond motifs is 2. The van der Waals surface area contributed by atoms with Crippen LogP contribution in [-0.4, -0.2) is 38.2 Å². The van der Waals surface area contributed by atoms with Crippen molar-refractivity contribution >= 4 is 11.6 Å². The van der Waals surface area contributed by atoms with E-state index >= 15 is 0 Å². The zero-order chi connectivity index (χ0) is 14.2. The van der Waals surface area contributed by atoms with Crippen LogP contribution in [0.1, 0.15) is 19.3 Å². The van der Waals surface area contributed by atoms with Gasteiger partial charge in [-0.1, -0.05) is 12.1 Å². The largest absolute Gasteiger partial charge is 0.324 e. The molecule has 21 heavy (non-hydrogen) atoms. The standard InChI is InChI=1S/C14H16N6O/c21-14(10-7-9-5-6-11(10)16-9)17-12-3-1-2-4-13(12)20-8-15-18-19-20/h1-4,8-11,16H,5-7H2,(H,17,21). The molecule has 0 radical (unpaired) electrons. The highest BCUT2D eigenvalue weighted by Gasteiger charge is 2.42. The molecule has 4 rings (SSSR count). The molecule has 2 bridgehead atoms. The minimum absolute atomic E-state index is 0.0608. The predicted molar refractivity (Wildman–Crippen MR) is 75.8 cm³/mol. The van der Waals surface area contributed by atoms with Gasteiger partial charge in [0.2, 0.25) is 5.91 Å². The first kappa shape index (κ1) is 12.5. The number of amides is 1. The van der Waals surface area contributed by atoms with E-state index in [2.05, 4.69) is 26.2 Å². The maximum absolute atomic E-state index is 12.5. The van der Waals surface area contributed by atoms with Crippen molar-refractivity contribution in [2.75, 3.05) is 5.32 Å². The molecule has 0 spiro atoms. The summed E-state index contributed by atoms with van der Waals surface area (Å²) >= 11 is 0. The van der Waals surface area contributed by atoms with E-state index in [1.165, 1.54) is 12.7 Å². The van der Waals surface area contributed by atoms with Gasteiger partial charge in [-0.25, -0.2) is 0 Å². The third-order valence-electron chi connectivity index (χ3n) is 4.39. The number of rotatable bonds is 3. The number of aromatic nitrogens is 4. The molecule has 3 unspecified atom stereocenters. The van der Waals surface area contributed by atoms with E-state index < -0.39 is 0 Å². The Hall–Kier alpha value is -2.28. The molecule has 2 aromatic rings. The van der Waals surface area contributed by atoms with Crippen LogP contribution in [0.3, 0.4) is 0 Å². The van der Waals surface area contributed by atoms with Crippen molar-refractivity contribution in [2.24, 2.45) is 5.92 Å². The highest BCUT2D eigenvalue weighted by Crippen LogP contribution is 2.34. The highest BCUT2D eigenvalue weighted by atomic mass is 16.2. The lowest BCUT2D eigenvalue weighted by atomic mass is 9.88. The highest BCUT2D eigenvalue weighted by molar-refractivity contribution is 5.95. The summed E-state index contributed by atoms with van der Waals surface area (Å²) in [6, 6.07) is 8.38.